The Morgan fingerprint density at radius 2 is 2.27 bits per heavy atom. The van der Waals surface area contributed by atoms with E-state index in [0.29, 0.717) is 12.7 Å². The Morgan fingerprint density at radius 1 is 1.53 bits per heavy atom. The van der Waals surface area contributed by atoms with E-state index in [2.05, 4.69) is 18.3 Å². The van der Waals surface area contributed by atoms with Gasteiger partial charge in [0, 0.05) is 13.0 Å². The smallest absolute Gasteiger partial charge is 0.106 e. The number of nitriles is 1. The van der Waals surface area contributed by atoms with Crippen molar-refractivity contribution >= 4 is 0 Å². The maximum absolute atomic E-state index is 9.08. The summed E-state index contributed by atoms with van der Waals surface area (Å²) in [7, 11) is 0. The molecule has 0 amide bonds. The molecule has 1 aliphatic rings. The molecule has 1 fully saturated rings. The maximum atomic E-state index is 9.08. The van der Waals surface area contributed by atoms with Crippen molar-refractivity contribution in [2.75, 3.05) is 13.2 Å². The van der Waals surface area contributed by atoms with Gasteiger partial charge in [0.25, 0.3) is 0 Å². The number of hydrogen-bond acceptors (Lipinski definition) is 3. The summed E-state index contributed by atoms with van der Waals surface area (Å²) in [4.78, 5) is 0. The molecule has 1 saturated carbocycles. The fraction of sp³-hybridized carbons (Fsp3) is 0.917. The van der Waals surface area contributed by atoms with Crippen LogP contribution < -0.4 is 5.32 Å². The van der Waals surface area contributed by atoms with E-state index in [1.807, 2.05) is 6.92 Å². The summed E-state index contributed by atoms with van der Waals surface area (Å²) in [5, 5.41) is 12.3. The Hall–Kier alpha value is -0.590. The minimum Gasteiger partial charge on any atom is -0.378 e. The first kappa shape index (κ1) is 12.5. The SMILES string of the molecule is CCCNC(C)(C#N)CCOC1CCC1. The largest absolute Gasteiger partial charge is 0.378 e. The molecule has 0 bridgehead atoms. The summed E-state index contributed by atoms with van der Waals surface area (Å²) in [5.74, 6) is 0. The zero-order valence-electron chi connectivity index (χ0n) is 9.88. The third-order valence-corrected chi connectivity index (χ3v) is 3.02. The van der Waals surface area contributed by atoms with Crippen molar-refractivity contribution < 1.29 is 4.74 Å². The summed E-state index contributed by atoms with van der Waals surface area (Å²) in [6.45, 7) is 5.65. The highest BCUT2D eigenvalue weighted by atomic mass is 16.5. The lowest BCUT2D eigenvalue weighted by atomic mass is 9.95. The van der Waals surface area contributed by atoms with Crippen LogP contribution >= 0.6 is 0 Å². The van der Waals surface area contributed by atoms with Gasteiger partial charge in [-0.2, -0.15) is 5.26 Å². The number of rotatable bonds is 7. The molecule has 15 heavy (non-hydrogen) atoms. The Bertz CT molecular complexity index is 220. The van der Waals surface area contributed by atoms with Crippen LogP contribution in [0.1, 0.15) is 46.0 Å². The van der Waals surface area contributed by atoms with E-state index in [1.165, 1.54) is 19.3 Å². The van der Waals surface area contributed by atoms with Gasteiger partial charge in [0.2, 0.25) is 0 Å². The minimum absolute atomic E-state index is 0.417. The highest BCUT2D eigenvalue weighted by Crippen LogP contribution is 2.22. The van der Waals surface area contributed by atoms with Crippen molar-refractivity contribution in [3.63, 3.8) is 0 Å². The van der Waals surface area contributed by atoms with E-state index in [9.17, 15) is 0 Å². The third-order valence-electron chi connectivity index (χ3n) is 3.02. The zero-order chi connectivity index (χ0) is 11.1. The van der Waals surface area contributed by atoms with Gasteiger partial charge in [0.05, 0.1) is 12.2 Å². The molecule has 0 saturated heterocycles. The molecule has 0 aromatic heterocycles. The monoisotopic (exact) mass is 210 g/mol. The quantitative estimate of drug-likeness (QED) is 0.701. The van der Waals surface area contributed by atoms with Crippen molar-refractivity contribution in [2.24, 2.45) is 0 Å². The van der Waals surface area contributed by atoms with Crippen molar-refractivity contribution in [1.29, 1.82) is 5.26 Å². The van der Waals surface area contributed by atoms with Gasteiger partial charge in [-0.1, -0.05) is 6.92 Å². The van der Waals surface area contributed by atoms with Gasteiger partial charge in [-0.3, -0.25) is 5.32 Å². The number of nitrogens with one attached hydrogen (secondary N) is 1. The fourth-order valence-electron chi connectivity index (χ4n) is 1.55. The lowest BCUT2D eigenvalue weighted by molar-refractivity contribution is -0.00390. The number of hydrogen-bond donors (Lipinski definition) is 1. The van der Waals surface area contributed by atoms with Crippen molar-refractivity contribution in [3.05, 3.63) is 0 Å². The lowest BCUT2D eigenvalue weighted by Crippen LogP contribution is -2.42. The molecule has 0 spiro atoms. The van der Waals surface area contributed by atoms with E-state index >= 15 is 0 Å². The highest BCUT2D eigenvalue weighted by Gasteiger charge is 2.24. The molecule has 0 aliphatic heterocycles. The molecule has 1 N–H and O–H groups in total. The summed E-state index contributed by atoms with van der Waals surface area (Å²) < 4.78 is 5.66. The van der Waals surface area contributed by atoms with Crippen LogP contribution in [0.5, 0.6) is 0 Å². The predicted molar refractivity (Wildman–Crippen MR) is 60.5 cm³/mol. The molecule has 0 aromatic rings. The van der Waals surface area contributed by atoms with Gasteiger partial charge >= 0.3 is 0 Å². The summed E-state index contributed by atoms with van der Waals surface area (Å²) in [6.07, 6.45) is 6.01. The van der Waals surface area contributed by atoms with E-state index in [1.54, 1.807) is 0 Å². The first-order valence-corrected chi connectivity index (χ1v) is 5.98. The zero-order valence-corrected chi connectivity index (χ0v) is 9.88. The van der Waals surface area contributed by atoms with E-state index in [-0.39, 0.29) is 0 Å². The number of ether oxygens (including phenoxy) is 1. The summed E-state index contributed by atoms with van der Waals surface area (Å²) in [5.41, 5.74) is -0.417. The van der Waals surface area contributed by atoms with E-state index in [0.717, 1.165) is 19.4 Å². The van der Waals surface area contributed by atoms with E-state index in [4.69, 9.17) is 10.00 Å². The first-order chi connectivity index (χ1) is 7.20. The predicted octanol–water partition coefficient (Wildman–Crippen LogP) is 2.23. The Morgan fingerprint density at radius 3 is 2.73 bits per heavy atom. The van der Waals surface area contributed by atoms with Gasteiger partial charge < -0.3 is 4.74 Å². The van der Waals surface area contributed by atoms with Crippen LogP contribution in [-0.2, 0) is 4.74 Å². The summed E-state index contributed by atoms with van der Waals surface area (Å²) in [6, 6.07) is 2.33. The second-order valence-corrected chi connectivity index (χ2v) is 4.54. The molecule has 1 atom stereocenters. The molecule has 0 heterocycles. The van der Waals surface area contributed by atoms with Gasteiger partial charge in [-0.25, -0.2) is 0 Å². The molecule has 86 valence electrons. The van der Waals surface area contributed by atoms with Crippen molar-refractivity contribution in [3.8, 4) is 6.07 Å². The molecule has 0 radical (unpaired) electrons. The fourth-order valence-corrected chi connectivity index (χ4v) is 1.55. The topological polar surface area (TPSA) is 45.0 Å². The molecular weight excluding hydrogens is 188 g/mol. The first-order valence-electron chi connectivity index (χ1n) is 5.98. The average Bonchev–Trinajstić information content (AvgIpc) is 2.19. The number of nitrogens with zero attached hydrogens (tertiary/aromatic N) is 1. The molecule has 1 unspecified atom stereocenters. The van der Waals surface area contributed by atoms with Crippen LogP contribution in [0.4, 0.5) is 0 Å². The van der Waals surface area contributed by atoms with Crippen molar-refractivity contribution in [2.45, 2.75) is 57.6 Å². The van der Waals surface area contributed by atoms with Crippen LogP contribution in [0, 0.1) is 11.3 Å². The lowest BCUT2D eigenvalue weighted by Gasteiger charge is -2.28. The Labute approximate surface area is 92.8 Å². The van der Waals surface area contributed by atoms with E-state index < -0.39 is 5.54 Å². The summed E-state index contributed by atoms with van der Waals surface area (Å²) >= 11 is 0. The standard InChI is InChI=1S/C12H22N2O/c1-3-8-14-12(2,10-13)7-9-15-11-5-4-6-11/h11,14H,3-9H2,1-2H3. The van der Waals surface area contributed by atoms with Gasteiger partial charge in [0.1, 0.15) is 5.54 Å². The molecule has 1 aliphatic carbocycles. The van der Waals surface area contributed by atoms with Gasteiger partial charge in [0.15, 0.2) is 0 Å². The molecule has 1 rings (SSSR count). The minimum atomic E-state index is -0.417. The van der Waals surface area contributed by atoms with Crippen LogP contribution in [0.3, 0.4) is 0 Å². The van der Waals surface area contributed by atoms with Gasteiger partial charge in [-0.15, -0.1) is 0 Å². The van der Waals surface area contributed by atoms with Crippen LogP contribution in [-0.4, -0.2) is 24.8 Å². The maximum Gasteiger partial charge on any atom is 0.106 e. The third kappa shape index (κ3) is 4.19. The Balaban J connectivity index is 2.16. The van der Waals surface area contributed by atoms with Crippen molar-refractivity contribution in [1.82, 2.24) is 5.32 Å². The normalized spacial score (nSPS) is 20.3. The molecule has 3 heteroatoms. The van der Waals surface area contributed by atoms with Crippen LogP contribution in [0.15, 0.2) is 0 Å². The van der Waals surface area contributed by atoms with Gasteiger partial charge in [-0.05, 0) is 39.2 Å². The molecule has 3 nitrogen and oxygen atoms in total. The Kier molecular flexibility index (Phi) is 5.07. The van der Waals surface area contributed by atoms with Crippen LogP contribution in [0.25, 0.3) is 0 Å². The average molecular weight is 210 g/mol. The molecular formula is C12H22N2O. The second-order valence-electron chi connectivity index (χ2n) is 4.54. The van der Waals surface area contributed by atoms with Crippen LogP contribution in [0.2, 0.25) is 0 Å². The molecule has 0 aromatic carbocycles. The second kappa shape index (κ2) is 6.09. The highest BCUT2D eigenvalue weighted by molar-refractivity contribution is 5.03.